The van der Waals surface area contributed by atoms with Crippen LogP contribution < -0.4 is 5.32 Å². The van der Waals surface area contributed by atoms with Crippen molar-refractivity contribution in [2.75, 3.05) is 13.1 Å². The van der Waals surface area contributed by atoms with Crippen LogP contribution in [0.4, 0.5) is 0 Å². The van der Waals surface area contributed by atoms with Gasteiger partial charge in [-0.2, -0.15) is 0 Å². The molecule has 0 bridgehead atoms. The summed E-state index contributed by atoms with van der Waals surface area (Å²) in [6.07, 6.45) is 10.4. The van der Waals surface area contributed by atoms with E-state index in [1.165, 1.54) is 37.8 Å². The second-order valence-electron chi connectivity index (χ2n) is 4.33. The lowest BCUT2D eigenvalue weighted by Crippen LogP contribution is -2.14. The van der Waals surface area contributed by atoms with E-state index in [0.717, 1.165) is 19.1 Å². The minimum atomic E-state index is 0.774. The third kappa shape index (κ3) is 3.06. The molecule has 3 nitrogen and oxygen atoms in total. The summed E-state index contributed by atoms with van der Waals surface area (Å²) >= 11 is 0. The van der Waals surface area contributed by atoms with Crippen molar-refractivity contribution in [2.45, 2.75) is 45.1 Å². The van der Waals surface area contributed by atoms with Crippen LogP contribution >= 0.6 is 0 Å². The van der Waals surface area contributed by atoms with Crippen LogP contribution in [0, 0.1) is 0 Å². The van der Waals surface area contributed by atoms with Crippen LogP contribution in [0.15, 0.2) is 12.5 Å². The highest BCUT2D eigenvalue weighted by atomic mass is 15.1. The van der Waals surface area contributed by atoms with E-state index in [1.54, 1.807) is 0 Å². The number of imidazole rings is 1. The summed E-state index contributed by atoms with van der Waals surface area (Å²) in [6, 6.07) is 0.774. The van der Waals surface area contributed by atoms with E-state index < -0.39 is 0 Å². The van der Waals surface area contributed by atoms with Crippen LogP contribution in [0.2, 0.25) is 0 Å². The highest BCUT2D eigenvalue weighted by molar-refractivity contribution is 5.03. The number of nitrogens with one attached hydrogen (secondary N) is 1. The van der Waals surface area contributed by atoms with Crippen LogP contribution in [0.5, 0.6) is 0 Å². The van der Waals surface area contributed by atoms with E-state index in [0.29, 0.717) is 0 Å². The zero-order valence-electron chi connectivity index (χ0n) is 9.58. The fourth-order valence-corrected chi connectivity index (χ4v) is 1.94. The summed E-state index contributed by atoms with van der Waals surface area (Å²) in [5.74, 6) is 0. The third-order valence-corrected chi connectivity index (χ3v) is 2.97. The molecule has 0 unspecified atom stereocenters. The molecule has 1 fully saturated rings. The zero-order valence-corrected chi connectivity index (χ0v) is 9.58. The van der Waals surface area contributed by atoms with Crippen LogP contribution in [-0.2, 0) is 6.42 Å². The molecule has 1 aromatic rings. The number of hydrogen-bond acceptors (Lipinski definition) is 2. The van der Waals surface area contributed by atoms with Gasteiger partial charge in [0.15, 0.2) is 0 Å². The third-order valence-electron chi connectivity index (χ3n) is 2.97. The average molecular weight is 207 g/mol. The molecule has 1 aromatic heterocycles. The number of aromatic nitrogens is 2. The smallest absolute Gasteiger partial charge is 0.0950 e. The Morgan fingerprint density at radius 2 is 2.33 bits per heavy atom. The Kier molecular flexibility index (Phi) is 3.78. The summed E-state index contributed by atoms with van der Waals surface area (Å²) < 4.78 is 2.37. The minimum absolute atomic E-state index is 0.774. The van der Waals surface area contributed by atoms with Crippen molar-refractivity contribution >= 4 is 0 Å². The van der Waals surface area contributed by atoms with Crippen molar-refractivity contribution in [1.29, 1.82) is 0 Å². The molecule has 1 heterocycles. The van der Waals surface area contributed by atoms with Gasteiger partial charge in [-0.3, -0.25) is 0 Å². The molecule has 0 aromatic carbocycles. The molecule has 1 N–H and O–H groups in total. The Bertz CT molecular complexity index is 289. The number of unbranched alkanes of at least 4 members (excludes halogenated alkanes) is 1. The van der Waals surface area contributed by atoms with Crippen molar-refractivity contribution in [2.24, 2.45) is 0 Å². The van der Waals surface area contributed by atoms with Crippen LogP contribution in [0.1, 0.15) is 44.3 Å². The number of rotatable bonds is 7. The Morgan fingerprint density at radius 3 is 3.07 bits per heavy atom. The summed E-state index contributed by atoms with van der Waals surface area (Å²) in [5, 5.41) is 3.36. The Labute approximate surface area is 91.9 Å². The van der Waals surface area contributed by atoms with Crippen molar-refractivity contribution in [3.63, 3.8) is 0 Å². The summed E-state index contributed by atoms with van der Waals surface area (Å²) in [4.78, 5) is 4.25. The average Bonchev–Trinajstić information content (AvgIpc) is 2.99. The number of aryl methyl sites for hydroxylation is 1. The van der Waals surface area contributed by atoms with Gasteiger partial charge >= 0.3 is 0 Å². The molecule has 2 rings (SSSR count). The largest absolute Gasteiger partial charge is 0.332 e. The first-order chi connectivity index (χ1) is 7.42. The van der Waals surface area contributed by atoms with Crippen LogP contribution in [0.3, 0.4) is 0 Å². The van der Waals surface area contributed by atoms with E-state index in [4.69, 9.17) is 0 Å². The second-order valence-corrected chi connectivity index (χ2v) is 4.33. The normalized spacial score (nSPS) is 15.8. The van der Waals surface area contributed by atoms with Crippen LogP contribution in [-0.4, -0.2) is 22.6 Å². The molecule has 3 heteroatoms. The maximum absolute atomic E-state index is 4.25. The number of hydrogen-bond donors (Lipinski definition) is 1. The Morgan fingerprint density at radius 1 is 1.47 bits per heavy atom. The van der Waals surface area contributed by atoms with Gasteiger partial charge in [-0.15, -0.1) is 0 Å². The van der Waals surface area contributed by atoms with Gasteiger partial charge in [0.1, 0.15) is 0 Å². The zero-order chi connectivity index (χ0) is 10.5. The highest BCUT2D eigenvalue weighted by Gasteiger charge is 2.24. The van der Waals surface area contributed by atoms with Gasteiger partial charge in [0, 0.05) is 17.9 Å². The molecule has 0 amide bonds. The van der Waals surface area contributed by atoms with Gasteiger partial charge in [-0.25, -0.2) is 4.98 Å². The monoisotopic (exact) mass is 207 g/mol. The lowest BCUT2D eigenvalue weighted by molar-refractivity contribution is 0.615. The summed E-state index contributed by atoms with van der Waals surface area (Å²) in [6.45, 7) is 4.39. The molecule has 1 aliphatic carbocycles. The molecule has 0 atom stereocenters. The summed E-state index contributed by atoms with van der Waals surface area (Å²) in [7, 11) is 0. The van der Waals surface area contributed by atoms with Gasteiger partial charge in [-0.1, -0.05) is 6.92 Å². The first-order valence-corrected chi connectivity index (χ1v) is 6.13. The molecule has 0 aliphatic heterocycles. The first-order valence-electron chi connectivity index (χ1n) is 6.13. The van der Waals surface area contributed by atoms with E-state index in [2.05, 4.69) is 21.8 Å². The molecule has 1 aliphatic rings. The SMILES string of the molecule is CCNCCCCc1cncn1C1CC1. The Balaban J connectivity index is 1.70. The standard InChI is InChI=1S/C12H21N3/c1-2-13-8-4-3-5-12-9-14-10-15(12)11-6-7-11/h9-11,13H,2-8H2,1H3. The minimum Gasteiger partial charge on any atom is -0.332 e. The molecular weight excluding hydrogens is 186 g/mol. The van der Waals surface area contributed by atoms with Gasteiger partial charge in [-0.05, 0) is 45.2 Å². The van der Waals surface area contributed by atoms with E-state index in [-0.39, 0.29) is 0 Å². The fraction of sp³-hybridized carbons (Fsp3) is 0.750. The maximum atomic E-state index is 4.25. The molecule has 15 heavy (non-hydrogen) atoms. The van der Waals surface area contributed by atoms with Crippen molar-refractivity contribution in [3.05, 3.63) is 18.2 Å². The topological polar surface area (TPSA) is 29.9 Å². The van der Waals surface area contributed by atoms with Crippen molar-refractivity contribution in [3.8, 4) is 0 Å². The molecule has 0 spiro atoms. The molecule has 0 radical (unpaired) electrons. The number of nitrogens with zero attached hydrogens (tertiary/aromatic N) is 2. The summed E-state index contributed by atoms with van der Waals surface area (Å²) in [5.41, 5.74) is 1.42. The molecule has 84 valence electrons. The van der Waals surface area contributed by atoms with E-state index in [1.807, 2.05) is 12.5 Å². The van der Waals surface area contributed by atoms with Crippen LogP contribution in [0.25, 0.3) is 0 Å². The van der Waals surface area contributed by atoms with Gasteiger partial charge in [0.2, 0.25) is 0 Å². The second kappa shape index (κ2) is 5.31. The lowest BCUT2D eigenvalue weighted by atomic mass is 10.2. The highest BCUT2D eigenvalue weighted by Crippen LogP contribution is 2.35. The van der Waals surface area contributed by atoms with E-state index in [9.17, 15) is 0 Å². The molecular formula is C12H21N3. The predicted octanol–water partition coefficient (Wildman–Crippen LogP) is 2.15. The quantitative estimate of drug-likeness (QED) is 0.694. The first kappa shape index (κ1) is 10.7. The van der Waals surface area contributed by atoms with E-state index >= 15 is 0 Å². The van der Waals surface area contributed by atoms with Crippen molar-refractivity contribution < 1.29 is 0 Å². The van der Waals surface area contributed by atoms with Gasteiger partial charge in [0.25, 0.3) is 0 Å². The lowest BCUT2D eigenvalue weighted by Gasteiger charge is -2.06. The predicted molar refractivity (Wildman–Crippen MR) is 62.0 cm³/mol. The van der Waals surface area contributed by atoms with Crippen molar-refractivity contribution in [1.82, 2.24) is 14.9 Å². The van der Waals surface area contributed by atoms with Gasteiger partial charge in [0.05, 0.1) is 6.33 Å². The molecule has 0 saturated heterocycles. The maximum Gasteiger partial charge on any atom is 0.0950 e. The Hall–Kier alpha value is -0.830. The molecule has 1 saturated carbocycles. The van der Waals surface area contributed by atoms with Gasteiger partial charge < -0.3 is 9.88 Å². The fourth-order valence-electron chi connectivity index (χ4n) is 1.94.